The van der Waals surface area contributed by atoms with Gasteiger partial charge in [0.2, 0.25) is 0 Å². The fourth-order valence-electron chi connectivity index (χ4n) is 2.34. The lowest BCUT2D eigenvalue weighted by atomic mass is 10.1. The molecule has 21 heavy (non-hydrogen) atoms. The summed E-state index contributed by atoms with van der Waals surface area (Å²) >= 11 is 0. The predicted molar refractivity (Wildman–Crippen MR) is 83.5 cm³/mol. The summed E-state index contributed by atoms with van der Waals surface area (Å²) in [5, 5.41) is 12.0. The molecule has 2 N–H and O–H groups in total. The Hall–Kier alpha value is -1.79. The summed E-state index contributed by atoms with van der Waals surface area (Å²) in [6.07, 6.45) is 1.04. The lowest BCUT2D eigenvalue weighted by molar-refractivity contribution is 0.291. The number of hydrogen-bond donors (Lipinski definition) is 1. The summed E-state index contributed by atoms with van der Waals surface area (Å²) in [6, 6.07) is 8.08. The second kappa shape index (κ2) is 7.85. The molecule has 0 bridgehead atoms. The van der Waals surface area contributed by atoms with Crippen LogP contribution in [0.25, 0.3) is 11.4 Å². The van der Waals surface area contributed by atoms with Crippen molar-refractivity contribution in [1.29, 1.82) is 0 Å². The Morgan fingerprint density at radius 2 is 1.86 bits per heavy atom. The topological polar surface area (TPSA) is 72.9 Å². The van der Waals surface area contributed by atoms with Gasteiger partial charge in [-0.2, -0.15) is 0 Å². The molecule has 0 saturated carbocycles. The van der Waals surface area contributed by atoms with Crippen molar-refractivity contribution in [3.63, 3.8) is 0 Å². The third kappa shape index (κ3) is 4.09. The molecule has 1 aromatic carbocycles. The Labute approximate surface area is 125 Å². The van der Waals surface area contributed by atoms with Crippen LogP contribution in [-0.2, 0) is 13.1 Å². The molecule has 6 heteroatoms. The van der Waals surface area contributed by atoms with E-state index in [1.165, 1.54) is 0 Å². The summed E-state index contributed by atoms with van der Waals surface area (Å²) in [4.78, 5) is 2.40. The first-order valence-electron chi connectivity index (χ1n) is 7.56. The minimum Gasteiger partial charge on any atom is -0.326 e. The van der Waals surface area contributed by atoms with E-state index in [4.69, 9.17) is 5.73 Å². The largest absolute Gasteiger partial charge is 0.326 e. The normalized spacial score (nSPS) is 11.2. The zero-order valence-corrected chi connectivity index (χ0v) is 12.9. The number of nitrogens with zero attached hydrogens (tertiary/aromatic N) is 5. The van der Waals surface area contributed by atoms with Gasteiger partial charge in [0.25, 0.3) is 0 Å². The highest BCUT2D eigenvalue weighted by Gasteiger charge is 2.09. The maximum atomic E-state index is 5.62. The maximum absolute atomic E-state index is 5.62. The van der Waals surface area contributed by atoms with Crippen LogP contribution in [0.5, 0.6) is 0 Å². The number of hydrogen-bond acceptors (Lipinski definition) is 5. The van der Waals surface area contributed by atoms with Gasteiger partial charge in [0.15, 0.2) is 5.82 Å². The van der Waals surface area contributed by atoms with Crippen LogP contribution in [0.4, 0.5) is 0 Å². The molecule has 0 amide bonds. The molecule has 1 heterocycles. The molecule has 114 valence electrons. The van der Waals surface area contributed by atoms with E-state index >= 15 is 0 Å². The molecule has 2 rings (SSSR count). The van der Waals surface area contributed by atoms with Crippen LogP contribution < -0.4 is 5.73 Å². The number of nitrogens with two attached hydrogens (primary N) is 1. The van der Waals surface area contributed by atoms with Crippen molar-refractivity contribution in [2.75, 3.05) is 19.6 Å². The summed E-state index contributed by atoms with van der Waals surface area (Å²) in [5.74, 6) is 0.818. The van der Waals surface area contributed by atoms with E-state index in [0.717, 1.165) is 49.6 Å². The standard InChI is InChI=1S/C15H24N6/c1-3-20(4-2)10-5-11-21-15(17-18-19-21)14-8-6-13(12-16)7-9-14/h6-9H,3-5,10-12,16H2,1-2H3. The maximum Gasteiger partial charge on any atom is 0.182 e. The van der Waals surface area contributed by atoms with Crippen molar-refractivity contribution in [3.8, 4) is 11.4 Å². The lowest BCUT2D eigenvalue weighted by Crippen LogP contribution is -2.25. The van der Waals surface area contributed by atoms with Gasteiger partial charge in [-0.15, -0.1) is 5.10 Å². The van der Waals surface area contributed by atoms with Gasteiger partial charge >= 0.3 is 0 Å². The molecule has 0 saturated heterocycles. The van der Waals surface area contributed by atoms with Gasteiger partial charge in [-0.3, -0.25) is 0 Å². The molecule has 0 spiro atoms. The zero-order chi connectivity index (χ0) is 15.1. The minimum absolute atomic E-state index is 0.551. The molecule has 0 fully saturated rings. The quantitative estimate of drug-likeness (QED) is 0.797. The van der Waals surface area contributed by atoms with E-state index in [1.54, 1.807) is 0 Å². The highest BCUT2D eigenvalue weighted by molar-refractivity contribution is 5.54. The highest BCUT2D eigenvalue weighted by atomic mass is 15.5. The third-order valence-electron chi connectivity index (χ3n) is 3.72. The summed E-state index contributed by atoms with van der Waals surface area (Å²) in [6.45, 7) is 8.99. The Bertz CT molecular complexity index is 529. The van der Waals surface area contributed by atoms with Crippen molar-refractivity contribution >= 4 is 0 Å². The third-order valence-corrected chi connectivity index (χ3v) is 3.72. The smallest absolute Gasteiger partial charge is 0.182 e. The van der Waals surface area contributed by atoms with Crippen LogP contribution >= 0.6 is 0 Å². The van der Waals surface area contributed by atoms with Crippen LogP contribution in [0.2, 0.25) is 0 Å². The zero-order valence-electron chi connectivity index (χ0n) is 12.9. The molecule has 0 aliphatic rings. The average molecular weight is 288 g/mol. The van der Waals surface area contributed by atoms with Crippen LogP contribution in [0.3, 0.4) is 0 Å². The van der Waals surface area contributed by atoms with Crippen molar-refractivity contribution < 1.29 is 0 Å². The van der Waals surface area contributed by atoms with Crippen molar-refractivity contribution in [2.45, 2.75) is 33.4 Å². The van der Waals surface area contributed by atoms with E-state index < -0.39 is 0 Å². The fraction of sp³-hybridized carbons (Fsp3) is 0.533. The minimum atomic E-state index is 0.551. The molecule has 0 radical (unpaired) electrons. The molecular weight excluding hydrogens is 264 g/mol. The first kappa shape index (κ1) is 15.6. The van der Waals surface area contributed by atoms with Gasteiger partial charge < -0.3 is 10.6 Å². The van der Waals surface area contributed by atoms with E-state index in [9.17, 15) is 0 Å². The molecule has 0 unspecified atom stereocenters. The molecule has 0 atom stereocenters. The van der Waals surface area contributed by atoms with E-state index in [2.05, 4.69) is 34.3 Å². The van der Waals surface area contributed by atoms with Crippen LogP contribution in [0.15, 0.2) is 24.3 Å². The van der Waals surface area contributed by atoms with Crippen molar-refractivity contribution in [2.24, 2.45) is 5.73 Å². The lowest BCUT2D eigenvalue weighted by Gasteiger charge is -2.17. The van der Waals surface area contributed by atoms with Gasteiger partial charge in [0, 0.05) is 18.7 Å². The van der Waals surface area contributed by atoms with Crippen molar-refractivity contribution in [3.05, 3.63) is 29.8 Å². The first-order valence-corrected chi connectivity index (χ1v) is 7.56. The molecular formula is C15H24N6. The summed E-state index contributed by atoms with van der Waals surface area (Å²) in [7, 11) is 0. The number of tetrazole rings is 1. The van der Waals surface area contributed by atoms with E-state index in [0.29, 0.717) is 6.54 Å². The molecule has 6 nitrogen and oxygen atoms in total. The number of aryl methyl sites for hydroxylation is 1. The highest BCUT2D eigenvalue weighted by Crippen LogP contribution is 2.16. The molecule has 1 aromatic heterocycles. The summed E-state index contributed by atoms with van der Waals surface area (Å²) < 4.78 is 1.88. The Morgan fingerprint density at radius 3 is 2.48 bits per heavy atom. The van der Waals surface area contributed by atoms with Crippen LogP contribution in [-0.4, -0.2) is 44.7 Å². The average Bonchev–Trinajstić information content (AvgIpc) is 3.00. The van der Waals surface area contributed by atoms with Gasteiger partial charge in [0.05, 0.1) is 0 Å². The number of aromatic nitrogens is 4. The number of benzene rings is 1. The second-order valence-electron chi connectivity index (χ2n) is 5.01. The Morgan fingerprint density at radius 1 is 1.14 bits per heavy atom. The molecule has 0 aliphatic heterocycles. The molecule has 2 aromatic rings. The fourth-order valence-corrected chi connectivity index (χ4v) is 2.34. The SMILES string of the molecule is CCN(CC)CCCn1nnnc1-c1ccc(CN)cc1. The van der Waals surface area contributed by atoms with Crippen LogP contribution in [0.1, 0.15) is 25.8 Å². The Balaban J connectivity index is 2.00. The van der Waals surface area contributed by atoms with E-state index in [-0.39, 0.29) is 0 Å². The Kier molecular flexibility index (Phi) is 5.83. The second-order valence-corrected chi connectivity index (χ2v) is 5.01. The predicted octanol–water partition coefficient (Wildman–Crippen LogP) is 1.53. The van der Waals surface area contributed by atoms with Crippen molar-refractivity contribution in [1.82, 2.24) is 25.1 Å². The van der Waals surface area contributed by atoms with Gasteiger partial charge in [0.1, 0.15) is 0 Å². The van der Waals surface area contributed by atoms with Gasteiger partial charge in [-0.25, -0.2) is 4.68 Å². The molecule has 0 aliphatic carbocycles. The van der Waals surface area contributed by atoms with Gasteiger partial charge in [-0.1, -0.05) is 38.1 Å². The number of rotatable bonds is 8. The summed E-state index contributed by atoms with van der Waals surface area (Å²) in [5.41, 5.74) is 7.76. The first-order chi connectivity index (χ1) is 10.3. The van der Waals surface area contributed by atoms with E-state index in [1.807, 2.05) is 28.9 Å². The monoisotopic (exact) mass is 288 g/mol. The van der Waals surface area contributed by atoms with Gasteiger partial charge in [-0.05, 0) is 42.0 Å². The van der Waals surface area contributed by atoms with Crippen LogP contribution in [0, 0.1) is 0 Å².